The van der Waals surface area contributed by atoms with E-state index in [1.165, 1.54) is 23.8 Å². The third-order valence-electron chi connectivity index (χ3n) is 4.59. The summed E-state index contributed by atoms with van der Waals surface area (Å²) in [6, 6.07) is 14.1. The molecule has 0 spiro atoms. The average molecular weight is 325 g/mol. The van der Waals surface area contributed by atoms with Gasteiger partial charge in [0.2, 0.25) is 0 Å². The first-order valence-electron chi connectivity index (χ1n) is 8.25. The van der Waals surface area contributed by atoms with Gasteiger partial charge in [-0.25, -0.2) is 4.79 Å². The molecule has 0 saturated heterocycles. The Morgan fingerprint density at radius 3 is 2.38 bits per heavy atom. The third kappa shape index (κ3) is 3.77. The van der Waals surface area contributed by atoms with Gasteiger partial charge in [0, 0.05) is 19.6 Å². The van der Waals surface area contributed by atoms with Gasteiger partial charge in [0.1, 0.15) is 5.75 Å². The summed E-state index contributed by atoms with van der Waals surface area (Å²) in [4.78, 5) is 14.0. The molecule has 3 rings (SSSR count). The van der Waals surface area contributed by atoms with Crippen LogP contribution in [-0.4, -0.2) is 38.2 Å². The molecular formula is C20H23NO3. The van der Waals surface area contributed by atoms with Crippen LogP contribution < -0.4 is 4.74 Å². The SMILES string of the molecule is COC(=O)c1ccc(CN2CCc3ccc(OC)cc3CC2)cc1. The Balaban J connectivity index is 1.64. The van der Waals surface area contributed by atoms with Gasteiger partial charge in [-0.3, -0.25) is 4.90 Å². The van der Waals surface area contributed by atoms with Crippen LogP contribution in [0.3, 0.4) is 0 Å². The van der Waals surface area contributed by atoms with Gasteiger partial charge < -0.3 is 9.47 Å². The summed E-state index contributed by atoms with van der Waals surface area (Å²) in [5, 5.41) is 0. The Hall–Kier alpha value is -2.33. The van der Waals surface area contributed by atoms with E-state index < -0.39 is 0 Å². The Morgan fingerprint density at radius 1 is 1.00 bits per heavy atom. The van der Waals surface area contributed by atoms with Gasteiger partial charge in [0.25, 0.3) is 0 Å². The highest BCUT2D eigenvalue weighted by atomic mass is 16.5. The van der Waals surface area contributed by atoms with Crippen molar-refractivity contribution in [2.45, 2.75) is 19.4 Å². The highest BCUT2D eigenvalue weighted by Gasteiger charge is 2.15. The summed E-state index contributed by atoms with van der Waals surface area (Å²) in [7, 11) is 3.11. The molecular weight excluding hydrogens is 302 g/mol. The molecule has 1 aliphatic heterocycles. The van der Waals surface area contributed by atoms with Gasteiger partial charge in [-0.15, -0.1) is 0 Å². The zero-order valence-electron chi connectivity index (χ0n) is 14.2. The maximum Gasteiger partial charge on any atom is 0.337 e. The molecule has 0 N–H and O–H groups in total. The van der Waals surface area contributed by atoms with E-state index in [9.17, 15) is 4.79 Å². The average Bonchev–Trinajstić information content (AvgIpc) is 2.83. The number of carbonyl (C=O) groups is 1. The smallest absolute Gasteiger partial charge is 0.337 e. The van der Waals surface area contributed by atoms with Crippen molar-refractivity contribution in [1.29, 1.82) is 0 Å². The number of fused-ring (bicyclic) bond motifs is 1. The van der Waals surface area contributed by atoms with Crippen molar-refractivity contribution in [3.63, 3.8) is 0 Å². The van der Waals surface area contributed by atoms with E-state index in [0.29, 0.717) is 5.56 Å². The van der Waals surface area contributed by atoms with Gasteiger partial charge in [0.05, 0.1) is 19.8 Å². The number of ether oxygens (including phenoxy) is 2. The van der Waals surface area contributed by atoms with E-state index in [1.807, 2.05) is 30.3 Å². The number of esters is 1. The number of nitrogens with zero attached hydrogens (tertiary/aromatic N) is 1. The highest BCUT2D eigenvalue weighted by molar-refractivity contribution is 5.89. The summed E-state index contributed by atoms with van der Waals surface area (Å²) in [5.41, 5.74) is 4.61. The Labute approximate surface area is 143 Å². The Kier molecular flexibility index (Phi) is 5.16. The summed E-state index contributed by atoms with van der Waals surface area (Å²) >= 11 is 0. The zero-order chi connectivity index (χ0) is 16.9. The number of carbonyl (C=O) groups excluding carboxylic acids is 1. The van der Waals surface area contributed by atoms with Gasteiger partial charge in [-0.1, -0.05) is 18.2 Å². The summed E-state index contributed by atoms with van der Waals surface area (Å²) < 4.78 is 10.1. The maximum atomic E-state index is 11.5. The predicted molar refractivity (Wildman–Crippen MR) is 93.5 cm³/mol. The number of rotatable bonds is 4. The lowest BCUT2D eigenvalue weighted by Crippen LogP contribution is -2.25. The molecule has 0 amide bonds. The van der Waals surface area contributed by atoms with E-state index in [-0.39, 0.29) is 5.97 Å². The predicted octanol–water partition coefficient (Wildman–Crippen LogP) is 3.08. The van der Waals surface area contributed by atoms with Gasteiger partial charge >= 0.3 is 5.97 Å². The molecule has 2 aromatic rings. The van der Waals surface area contributed by atoms with Crippen LogP contribution in [0.15, 0.2) is 42.5 Å². The number of hydrogen-bond acceptors (Lipinski definition) is 4. The second-order valence-electron chi connectivity index (χ2n) is 6.10. The first kappa shape index (κ1) is 16.5. The molecule has 0 radical (unpaired) electrons. The second-order valence-corrected chi connectivity index (χ2v) is 6.10. The molecule has 0 saturated carbocycles. The highest BCUT2D eigenvalue weighted by Crippen LogP contribution is 2.22. The lowest BCUT2D eigenvalue weighted by Gasteiger charge is -2.19. The van der Waals surface area contributed by atoms with Crippen LogP contribution in [0.5, 0.6) is 5.75 Å². The topological polar surface area (TPSA) is 38.8 Å². The van der Waals surface area contributed by atoms with E-state index in [2.05, 4.69) is 17.0 Å². The van der Waals surface area contributed by atoms with Crippen LogP contribution in [0.1, 0.15) is 27.0 Å². The van der Waals surface area contributed by atoms with Crippen LogP contribution in [0, 0.1) is 0 Å². The molecule has 4 nitrogen and oxygen atoms in total. The van der Waals surface area contributed by atoms with Crippen molar-refractivity contribution in [1.82, 2.24) is 4.90 Å². The molecule has 126 valence electrons. The Bertz CT molecular complexity index is 709. The summed E-state index contributed by atoms with van der Waals surface area (Å²) in [5.74, 6) is 0.640. The molecule has 24 heavy (non-hydrogen) atoms. The molecule has 0 atom stereocenters. The minimum Gasteiger partial charge on any atom is -0.497 e. The van der Waals surface area contributed by atoms with Crippen molar-refractivity contribution in [3.05, 3.63) is 64.7 Å². The van der Waals surface area contributed by atoms with Crippen molar-refractivity contribution in [3.8, 4) is 5.75 Å². The fourth-order valence-electron chi connectivity index (χ4n) is 3.16. The molecule has 0 aliphatic carbocycles. The maximum absolute atomic E-state index is 11.5. The molecule has 0 unspecified atom stereocenters. The summed E-state index contributed by atoms with van der Waals surface area (Å²) in [6.45, 7) is 2.96. The first-order valence-corrected chi connectivity index (χ1v) is 8.25. The number of hydrogen-bond donors (Lipinski definition) is 0. The van der Waals surface area contributed by atoms with E-state index >= 15 is 0 Å². The Morgan fingerprint density at radius 2 is 1.71 bits per heavy atom. The fourth-order valence-corrected chi connectivity index (χ4v) is 3.16. The van der Waals surface area contributed by atoms with Crippen LogP contribution in [0.25, 0.3) is 0 Å². The monoisotopic (exact) mass is 325 g/mol. The normalized spacial score (nSPS) is 14.6. The van der Waals surface area contributed by atoms with Crippen LogP contribution in [-0.2, 0) is 24.1 Å². The number of benzene rings is 2. The molecule has 2 aromatic carbocycles. The first-order chi connectivity index (χ1) is 11.7. The minimum absolute atomic E-state index is 0.291. The second kappa shape index (κ2) is 7.49. The standard InChI is InChI=1S/C20H23NO3/c1-23-19-8-7-16-9-11-21(12-10-18(16)13-19)14-15-3-5-17(6-4-15)20(22)24-2/h3-8,13H,9-12,14H2,1-2H3. The molecule has 0 aromatic heterocycles. The molecule has 1 heterocycles. The molecule has 1 aliphatic rings. The van der Waals surface area contributed by atoms with E-state index in [1.54, 1.807) is 7.11 Å². The van der Waals surface area contributed by atoms with Crippen molar-refractivity contribution in [2.24, 2.45) is 0 Å². The number of methoxy groups -OCH3 is 2. The van der Waals surface area contributed by atoms with Gasteiger partial charge in [-0.2, -0.15) is 0 Å². The quantitative estimate of drug-likeness (QED) is 0.810. The third-order valence-corrected chi connectivity index (χ3v) is 4.59. The van der Waals surface area contributed by atoms with E-state index in [0.717, 1.165) is 38.2 Å². The van der Waals surface area contributed by atoms with Gasteiger partial charge in [0.15, 0.2) is 0 Å². The van der Waals surface area contributed by atoms with Crippen molar-refractivity contribution >= 4 is 5.97 Å². The van der Waals surface area contributed by atoms with Gasteiger partial charge in [-0.05, 0) is 53.8 Å². The summed E-state index contributed by atoms with van der Waals surface area (Å²) in [6.07, 6.45) is 2.09. The van der Waals surface area contributed by atoms with Crippen LogP contribution in [0.2, 0.25) is 0 Å². The molecule has 0 fully saturated rings. The van der Waals surface area contributed by atoms with Crippen LogP contribution >= 0.6 is 0 Å². The lowest BCUT2D eigenvalue weighted by molar-refractivity contribution is 0.0600. The zero-order valence-corrected chi connectivity index (χ0v) is 14.2. The minimum atomic E-state index is -0.291. The van der Waals surface area contributed by atoms with Crippen molar-refractivity contribution in [2.75, 3.05) is 27.3 Å². The fraction of sp³-hybridized carbons (Fsp3) is 0.350. The van der Waals surface area contributed by atoms with Crippen molar-refractivity contribution < 1.29 is 14.3 Å². The molecule has 4 heteroatoms. The lowest BCUT2D eigenvalue weighted by atomic mass is 10.0. The molecule has 0 bridgehead atoms. The van der Waals surface area contributed by atoms with E-state index in [4.69, 9.17) is 9.47 Å². The van der Waals surface area contributed by atoms with Crippen LogP contribution in [0.4, 0.5) is 0 Å². The largest absolute Gasteiger partial charge is 0.497 e.